The van der Waals surface area contributed by atoms with Crippen molar-refractivity contribution < 1.29 is 26.7 Å². The van der Waals surface area contributed by atoms with E-state index in [0.717, 1.165) is 0 Å². The van der Waals surface area contributed by atoms with Crippen molar-refractivity contribution in [1.29, 1.82) is 0 Å². The van der Waals surface area contributed by atoms with Crippen LogP contribution in [-0.4, -0.2) is 26.5 Å². The molecule has 0 saturated carbocycles. The molecule has 3 aromatic rings. The van der Waals surface area contributed by atoms with E-state index >= 15 is 0 Å². The number of carbonyl (C=O) groups excluding carboxylic acids is 1. The summed E-state index contributed by atoms with van der Waals surface area (Å²) < 4.78 is 58.4. The maximum atomic E-state index is 12.9. The second kappa shape index (κ2) is 7.77. The standard InChI is InChI=1S/C17H10Cl2F3N3O3S/c1-29(27,13-8-11(18)6-7-12(13)19)25-15(26)10-4-2-9(3-5-10)14-23-16(28-24-14)17(20,21)22/h2-8H,1H3. The van der Waals surface area contributed by atoms with Gasteiger partial charge in [-0.15, -0.1) is 0 Å². The molecule has 3 rings (SSSR count). The van der Waals surface area contributed by atoms with Gasteiger partial charge in [0.15, 0.2) is 0 Å². The molecule has 0 aliphatic rings. The highest BCUT2D eigenvalue weighted by atomic mass is 35.5. The highest BCUT2D eigenvalue weighted by Crippen LogP contribution is 2.30. The SMILES string of the molecule is CS(=O)(=NC(=O)c1ccc(-c2noc(C(F)(F)F)n2)cc1)c1cc(Cl)ccc1Cl. The number of amides is 1. The molecule has 1 atom stereocenters. The van der Waals surface area contributed by atoms with E-state index in [1.165, 1.54) is 48.7 Å². The van der Waals surface area contributed by atoms with Crippen molar-refractivity contribution in [3.8, 4) is 11.4 Å². The number of nitrogens with zero attached hydrogens (tertiary/aromatic N) is 3. The van der Waals surface area contributed by atoms with E-state index in [9.17, 15) is 22.2 Å². The second-order valence-electron chi connectivity index (χ2n) is 5.77. The zero-order chi connectivity index (χ0) is 21.4. The van der Waals surface area contributed by atoms with Crippen LogP contribution in [0.5, 0.6) is 0 Å². The third-order valence-electron chi connectivity index (χ3n) is 3.62. The van der Waals surface area contributed by atoms with Gasteiger partial charge in [0.25, 0.3) is 5.91 Å². The first-order valence-corrected chi connectivity index (χ1v) is 10.4. The van der Waals surface area contributed by atoms with Crippen molar-refractivity contribution in [2.45, 2.75) is 11.1 Å². The highest BCUT2D eigenvalue weighted by Gasteiger charge is 2.38. The molecule has 1 amide bonds. The normalized spacial score (nSPS) is 13.7. The van der Waals surface area contributed by atoms with Crippen LogP contribution in [0.4, 0.5) is 13.2 Å². The van der Waals surface area contributed by atoms with Crippen molar-refractivity contribution in [1.82, 2.24) is 10.1 Å². The molecule has 0 saturated heterocycles. The van der Waals surface area contributed by atoms with Crippen molar-refractivity contribution in [2.24, 2.45) is 4.36 Å². The van der Waals surface area contributed by atoms with Gasteiger partial charge in [-0.25, -0.2) is 4.21 Å². The molecular formula is C17H10Cl2F3N3O3S. The Labute approximate surface area is 172 Å². The lowest BCUT2D eigenvalue weighted by molar-refractivity contribution is -0.159. The maximum absolute atomic E-state index is 12.9. The van der Waals surface area contributed by atoms with Gasteiger partial charge in [0.1, 0.15) is 0 Å². The minimum atomic E-state index is -4.76. The van der Waals surface area contributed by atoms with E-state index in [1.54, 1.807) is 0 Å². The van der Waals surface area contributed by atoms with Gasteiger partial charge in [0, 0.05) is 22.4 Å². The van der Waals surface area contributed by atoms with Crippen molar-refractivity contribution >= 4 is 38.8 Å². The summed E-state index contributed by atoms with van der Waals surface area (Å²) in [5.41, 5.74) is 0.247. The van der Waals surface area contributed by atoms with Crippen LogP contribution in [-0.2, 0) is 15.9 Å². The molecular weight excluding hydrogens is 454 g/mol. The van der Waals surface area contributed by atoms with Crippen LogP contribution in [0.1, 0.15) is 16.2 Å². The number of carbonyl (C=O) groups is 1. The average Bonchev–Trinajstić information content (AvgIpc) is 3.14. The van der Waals surface area contributed by atoms with Crippen molar-refractivity contribution in [3.63, 3.8) is 0 Å². The maximum Gasteiger partial charge on any atom is 0.471 e. The minimum Gasteiger partial charge on any atom is -0.329 e. The predicted molar refractivity (Wildman–Crippen MR) is 100 cm³/mol. The summed E-state index contributed by atoms with van der Waals surface area (Å²) in [6.45, 7) is 0. The minimum absolute atomic E-state index is 0.0565. The summed E-state index contributed by atoms with van der Waals surface area (Å²) in [7, 11) is -3.19. The summed E-state index contributed by atoms with van der Waals surface area (Å²) in [4.78, 5) is 15.8. The van der Waals surface area contributed by atoms with E-state index < -0.39 is 27.7 Å². The van der Waals surface area contributed by atoms with E-state index in [-0.39, 0.29) is 31.9 Å². The predicted octanol–water partition coefficient (Wildman–Crippen LogP) is 5.36. The van der Waals surface area contributed by atoms with Gasteiger partial charge in [-0.05, 0) is 30.3 Å². The van der Waals surface area contributed by atoms with Gasteiger partial charge in [-0.2, -0.15) is 22.5 Å². The summed E-state index contributed by atoms with van der Waals surface area (Å²) in [5, 5.41) is 3.68. The molecule has 12 heteroatoms. The van der Waals surface area contributed by atoms with Gasteiger partial charge in [0.05, 0.1) is 19.6 Å². The van der Waals surface area contributed by atoms with Gasteiger partial charge >= 0.3 is 12.1 Å². The monoisotopic (exact) mass is 463 g/mol. The van der Waals surface area contributed by atoms with E-state index in [2.05, 4.69) is 19.0 Å². The van der Waals surface area contributed by atoms with Crippen LogP contribution in [0.15, 0.2) is 56.2 Å². The van der Waals surface area contributed by atoms with Crippen LogP contribution >= 0.6 is 23.2 Å². The number of rotatable bonds is 3. The van der Waals surface area contributed by atoms with Crippen molar-refractivity contribution in [3.05, 3.63) is 64.0 Å². The highest BCUT2D eigenvalue weighted by molar-refractivity contribution is 7.93. The lowest BCUT2D eigenvalue weighted by Crippen LogP contribution is -2.05. The number of hydrogen-bond donors (Lipinski definition) is 0. The Balaban J connectivity index is 1.89. The zero-order valence-electron chi connectivity index (χ0n) is 14.4. The van der Waals surface area contributed by atoms with Crippen molar-refractivity contribution in [2.75, 3.05) is 6.26 Å². The Morgan fingerprint density at radius 3 is 2.38 bits per heavy atom. The molecule has 0 radical (unpaired) electrons. The van der Waals surface area contributed by atoms with E-state index in [4.69, 9.17) is 23.2 Å². The third-order valence-corrected chi connectivity index (χ3v) is 5.96. The Hall–Kier alpha value is -2.43. The summed E-state index contributed by atoms with van der Waals surface area (Å²) in [6.07, 6.45) is -3.52. The Kier molecular flexibility index (Phi) is 5.70. The first-order chi connectivity index (χ1) is 13.5. The number of hydrogen-bond acceptors (Lipinski definition) is 5. The number of aromatic nitrogens is 2. The fraction of sp³-hybridized carbons (Fsp3) is 0.118. The first kappa shape index (κ1) is 21.3. The second-order valence-corrected chi connectivity index (χ2v) is 8.84. The molecule has 29 heavy (non-hydrogen) atoms. The summed E-state index contributed by atoms with van der Waals surface area (Å²) in [6, 6.07) is 9.53. The van der Waals surface area contributed by atoms with Crippen LogP contribution in [0.2, 0.25) is 10.0 Å². The Bertz CT molecular complexity index is 1200. The van der Waals surface area contributed by atoms with Gasteiger partial charge in [-0.3, -0.25) is 4.79 Å². The van der Waals surface area contributed by atoms with Crippen LogP contribution in [0, 0.1) is 0 Å². The first-order valence-electron chi connectivity index (χ1n) is 7.70. The number of alkyl halides is 3. The number of halogens is 5. The Morgan fingerprint density at radius 2 is 1.79 bits per heavy atom. The molecule has 0 spiro atoms. The fourth-order valence-electron chi connectivity index (χ4n) is 2.25. The van der Waals surface area contributed by atoms with E-state index in [1.807, 2.05) is 0 Å². The van der Waals surface area contributed by atoms with Gasteiger partial charge in [0.2, 0.25) is 5.82 Å². The van der Waals surface area contributed by atoms with Gasteiger partial charge in [-0.1, -0.05) is 40.5 Å². The molecule has 1 unspecified atom stereocenters. The smallest absolute Gasteiger partial charge is 0.329 e. The molecule has 2 aromatic carbocycles. The van der Waals surface area contributed by atoms with Crippen LogP contribution in [0.25, 0.3) is 11.4 Å². The summed E-state index contributed by atoms with van der Waals surface area (Å²) in [5.74, 6) is -2.57. The molecule has 0 aliphatic heterocycles. The molecule has 0 fully saturated rings. The van der Waals surface area contributed by atoms with E-state index in [0.29, 0.717) is 0 Å². The number of benzene rings is 2. The lowest BCUT2D eigenvalue weighted by atomic mass is 10.1. The molecule has 6 nitrogen and oxygen atoms in total. The zero-order valence-corrected chi connectivity index (χ0v) is 16.7. The molecule has 0 bridgehead atoms. The molecule has 0 N–H and O–H groups in total. The largest absolute Gasteiger partial charge is 0.471 e. The molecule has 1 aromatic heterocycles. The average molecular weight is 464 g/mol. The molecule has 0 aliphatic carbocycles. The van der Waals surface area contributed by atoms with Crippen LogP contribution in [0.3, 0.4) is 0 Å². The van der Waals surface area contributed by atoms with Gasteiger partial charge < -0.3 is 4.52 Å². The fourth-order valence-corrected chi connectivity index (χ4v) is 4.32. The lowest BCUT2D eigenvalue weighted by Gasteiger charge is -2.07. The topological polar surface area (TPSA) is 85.4 Å². The third kappa shape index (κ3) is 4.77. The summed E-state index contributed by atoms with van der Waals surface area (Å²) >= 11 is 11.9. The molecule has 152 valence electrons. The quantitative estimate of drug-likeness (QED) is 0.521. The molecule has 1 heterocycles. The van der Waals surface area contributed by atoms with Crippen LogP contribution < -0.4 is 0 Å². The Morgan fingerprint density at radius 1 is 1.14 bits per heavy atom.